The van der Waals surface area contributed by atoms with E-state index in [-0.39, 0.29) is 25.4 Å². The number of hydrogen-bond donors (Lipinski definition) is 6. The molecule has 0 aromatic carbocycles. The van der Waals surface area contributed by atoms with Gasteiger partial charge in [-0.05, 0) is 19.1 Å². The van der Waals surface area contributed by atoms with Gasteiger partial charge in [0.15, 0.2) is 0 Å². The quantitative estimate of drug-likeness (QED) is 0.292. The number of carboxylic acids is 1. The molecule has 0 saturated heterocycles. The van der Waals surface area contributed by atoms with Gasteiger partial charge in [-0.25, -0.2) is 4.79 Å². The number of nitrogens with one attached hydrogen (secondary N) is 3. The highest BCUT2D eigenvalue weighted by Gasteiger charge is 2.29. The van der Waals surface area contributed by atoms with Crippen molar-refractivity contribution in [3.63, 3.8) is 0 Å². The molecule has 2 unspecified atom stereocenters. The van der Waals surface area contributed by atoms with Gasteiger partial charge in [0.1, 0.15) is 10.8 Å². The van der Waals surface area contributed by atoms with Crippen LogP contribution in [0.3, 0.4) is 0 Å². The molecule has 0 spiro atoms. The predicted octanol–water partition coefficient (Wildman–Crippen LogP) is -1.18. The molecule has 3 amide bonds. The molecule has 0 fully saturated rings. The van der Waals surface area contributed by atoms with Crippen molar-refractivity contribution in [1.82, 2.24) is 16.0 Å². The van der Waals surface area contributed by atoms with Gasteiger partial charge < -0.3 is 21.1 Å². The van der Waals surface area contributed by atoms with Gasteiger partial charge in [0, 0.05) is 13.5 Å². The van der Waals surface area contributed by atoms with Crippen LogP contribution in [0, 0.1) is 0 Å². The third-order valence-corrected chi connectivity index (χ3v) is 3.25. The van der Waals surface area contributed by atoms with E-state index in [2.05, 4.69) is 41.2 Å². The summed E-state index contributed by atoms with van der Waals surface area (Å²) in [6.07, 6.45) is 0.172. The summed E-state index contributed by atoms with van der Waals surface area (Å²) < 4.78 is -1.19. The Kier molecular flexibility index (Phi) is 8.95. The minimum atomic E-state index is -1.19. The Hall–Kier alpha value is -1.42. The van der Waals surface area contributed by atoms with Crippen molar-refractivity contribution in [2.45, 2.75) is 31.1 Å². The molecular formula is C12H21N3O5S2. The van der Waals surface area contributed by atoms with E-state index in [0.29, 0.717) is 5.75 Å². The van der Waals surface area contributed by atoms with Gasteiger partial charge in [0.05, 0.1) is 6.54 Å². The van der Waals surface area contributed by atoms with Gasteiger partial charge in [-0.1, -0.05) is 0 Å². The molecular weight excluding hydrogens is 330 g/mol. The average molecular weight is 351 g/mol. The van der Waals surface area contributed by atoms with Crippen LogP contribution < -0.4 is 16.0 Å². The largest absolute Gasteiger partial charge is 0.480 e. The molecule has 22 heavy (non-hydrogen) atoms. The summed E-state index contributed by atoms with van der Waals surface area (Å²) in [5.41, 5.74) is 0. The van der Waals surface area contributed by atoms with Gasteiger partial charge in [0.25, 0.3) is 0 Å². The van der Waals surface area contributed by atoms with E-state index in [4.69, 9.17) is 5.11 Å². The molecule has 8 nitrogen and oxygen atoms in total. The zero-order valence-corrected chi connectivity index (χ0v) is 14.2. The predicted molar refractivity (Wildman–Crippen MR) is 87.1 cm³/mol. The van der Waals surface area contributed by atoms with Crippen LogP contribution in [0.5, 0.6) is 0 Å². The summed E-state index contributed by atoms with van der Waals surface area (Å²) in [7, 11) is 0. The first-order chi connectivity index (χ1) is 10.1. The lowest BCUT2D eigenvalue weighted by Gasteiger charge is -2.22. The molecule has 4 N–H and O–H groups in total. The summed E-state index contributed by atoms with van der Waals surface area (Å²) in [6.45, 7) is 2.41. The van der Waals surface area contributed by atoms with Crippen LogP contribution >= 0.6 is 25.3 Å². The van der Waals surface area contributed by atoms with E-state index in [1.54, 1.807) is 0 Å². The van der Waals surface area contributed by atoms with E-state index < -0.39 is 28.6 Å². The number of rotatable bonds is 9. The van der Waals surface area contributed by atoms with Gasteiger partial charge >= 0.3 is 5.97 Å². The highest BCUT2D eigenvalue weighted by molar-refractivity contribution is 7.82. The molecule has 0 aliphatic carbocycles. The SMILES string of the molecule is CC(=O)NCC(C)(S)C(=O)NCC(=O)NC(CCS)C(=O)O. The van der Waals surface area contributed by atoms with Gasteiger partial charge in [-0.15, -0.1) is 0 Å². The van der Waals surface area contributed by atoms with Crippen LogP contribution in [0.25, 0.3) is 0 Å². The first kappa shape index (κ1) is 20.6. The van der Waals surface area contributed by atoms with Crippen molar-refractivity contribution in [3.8, 4) is 0 Å². The van der Waals surface area contributed by atoms with E-state index in [0.717, 1.165) is 0 Å². The fourth-order valence-electron chi connectivity index (χ4n) is 1.36. The maximum absolute atomic E-state index is 11.9. The topological polar surface area (TPSA) is 125 Å². The normalized spacial score (nSPS) is 14.4. The number of carbonyl (C=O) groups excluding carboxylic acids is 3. The van der Waals surface area contributed by atoms with Crippen LogP contribution in [0.4, 0.5) is 0 Å². The Labute approximate surface area is 139 Å². The lowest BCUT2D eigenvalue weighted by molar-refractivity contribution is -0.141. The molecule has 0 aromatic rings. The van der Waals surface area contributed by atoms with Crippen LogP contribution in [0.2, 0.25) is 0 Å². The highest BCUT2D eigenvalue weighted by atomic mass is 32.1. The minimum Gasteiger partial charge on any atom is -0.480 e. The Morgan fingerprint density at radius 3 is 2.27 bits per heavy atom. The molecule has 0 heterocycles. The molecule has 126 valence electrons. The molecule has 2 atom stereocenters. The molecule has 0 radical (unpaired) electrons. The fraction of sp³-hybridized carbons (Fsp3) is 0.667. The number of amides is 3. The van der Waals surface area contributed by atoms with Crippen LogP contribution in [-0.2, 0) is 19.2 Å². The van der Waals surface area contributed by atoms with Crippen molar-refractivity contribution in [2.75, 3.05) is 18.8 Å². The van der Waals surface area contributed by atoms with Crippen LogP contribution in [0.1, 0.15) is 20.3 Å². The van der Waals surface area contributed by atoms with Crippen molar-refractivity contribution in [3.05, 3.63) is 0 Å². The van der Waals surface area contributed by atoms with E-state index in [1.807, 2.05) is 0 Å². The standard InChI is InChI=1S/C12H21N3O5S2/c1-7(16)14-6-12(2,22)11(20)13-5-9(17)15-8(3-4-21)10(18)19/h8,21-22H,3-6H2,1-2H3,(H,13,20)(H,14,16)(H,15,17)(H,18,19). The third kappa shape index (κ3) is 8.13. The van der Waals surface area contributed by atoms with Crippen molar-refractivity contribution in [1.29, 1.82) is 0 Å². The van der Waals surface area contributed by atoms with Gasteiger partial charge in [0.2, 0.25) is 17.7 Å². The Morgan fingerprint density at radius 2 is 1.82 bits per heavy atom. The fourth-order valence-corrected chi connectivity index (χ4v) is 1.78. The Bertz CT molecular complexity index is 442. The van der Waals surface area contributed by atoms with Gasteiger partial charge in [-0.2, -0.15) is 25.3 Å². The first-order valence-corrected chi connectivity index (χ1v) is 7.56. The van der Waals surface area contributed by atoms with Crippen molar-refractivity contribution in [2.24, 2.45) is 0 Å². The molecule has 0 bridgehead atoms. The van der Waals surface area contributed by atoms with Crippen LogP contribution in [-0.4, -0.2) is 58.4 Å². The maximum atomic E-state index is 11.9. The first-order valence-electron chi connectivity index (χ1n) is 6.48. The molecule has 0 aliphatic rings. The summed E-state index contributed by atoms with van der Waals surface area (Å²) >= 11 is 8.04. The summed E-state index contributed by atoms with van der Waals surface area (Å²) in [6, 6.07) is -1.05. The number of aliphatic carboxylic acids is 1. The summed E-state index contributed by atoms with van der Waals surface area (Å²) in [5, 5.41) is 16.0. The number of hydrogen-bond acceptors (Lipinski definition) is 6. The monoisotopic (exact) mass is 351 g/mol. The highest BCUT2D eigenvalue weighted by Crippen LogP contribution is 2.11. The Balaban J connectivity index is 4.35. The molecule has 0 saturated carbocycles. The second-order valence-electron chi connectivity index (χ2n) is 4.84. The smallest absolute Gasteiger partial charge is 0.326 e. The molecule has 0 aliphatic heterocycles. The van der Waals surface area contributed by atoms with E-state index in [9.17, 15) is 19.2 Å². The van der Waals surface area contributed by atoms with Crippen molar-refractivity contribution < 1.29 is 24.3 Å². The lowest BCUT2D eigenvalue weighted by atomic mass is 10.1. The summed E-state index contributed by atoms with van der Waals surface area (Å²) in [4.78, 5) is 45.2. The molecule has 0 rings (SSSR count). The minimum absolute atomic E-state index is 0.00367. The zero-order valence-electron chi connectivity index (χ0n) is 12.4. The second-order valence-corrected chi connectivity index (χ2v) is 6.27. The number of thiol groups is 2. The second kappa shape index (κ2) is 9.57. The number of carbonyl (C=O) groups is 4. The van der Waals surface area contributed by atoms with E-state index in [1.165, 1.54) is 13.8 Å². The Morgan fingerprint density at radius 1 is 1.23 bits per heavy atom. The van der Waals surface area contributed by atoms with Gasteiger partial charge in [-0.3, -0.25) is 14.4 Å². The lowest BCUT2D eigenvalue weighted by Crippen LogP contribution is -2.51. The summed E-state index contributed by atoms with van der Waals surface area (Å²) in [5.74, 6) is -2.36. The number of carboxylic acid groups (broad SMARTS) is 1. The maximum Gasteiger partial charge on any atom is 0.326 e. The average Bonchev–Trinajstić information content (AvgIpc) is 2.42. The zero-order chi connectivity index (χ0) is 17.3. The van der Waals surface area contributed by atoms with Crippen LogP contribution in [0.15, 0.2) is 0 Å². The van der Waals surface area contributed by atoms with Crippen molar-refractivity contribution >= 4 is 48.9 Å². The third-order valence-electron chi connectivity index (χ3n) is 2.63. The van der Waals surface area contributed by atoms with E-state index >= 15 is 0 Å². The molecule has 0 aromatic heterocycles. The molecule has 10 heteroatoms.